The Morgan fingerprint density at radius 1 is 0.931 bits per heavy atom. The number of rotatable bonds is 5. The molecule has 1 N–H and O–H groups in total. The zero-order valence-corrected chi connectivity index (χ0v) is 17.4. The number of sulfonamides is 1. The van der Waals surface area contributed by atoms with Gasteiger partial charge in [-0.1, -0.05) is 72.3 Å². The summed E-state index contributed by atoms with van der Waals surface area (Å²) in [5, 5.41) is 0. The molecule has 1 aliphatic carbocycles. The molecule has 2 unspecified atom stereocenters. The van der Waals surface area contributed by atoms with Gasteiger partial charge >= 0.3 is 0 Å². The van der Waals surface area contributed by atoms with E-state index in [1.54, 1.807) is 60.7 Å². The number of nitrogens with one attached hydrogen (secondary N) is 1. The number of hydrogen-bond donors (Lipinski definition) is 1. The van der Waals surface area contributed by atoms with Gasteiger partial charge in [-0.15, -0.1) is 11.6 Å². The van der Waals surface area contributed by atoms with E-state index < -0.39 is 20.9 Å². The van der Waals surface area contributed by atoms with E-state index in [0.717, 1.165) is 11.1 Å². The minimum Gasteiger partial charge on any atom is -0.292 e. The topological polar surface area (TPSA) is 63.2 Å². The molecule has 0 heterocycles. The normalized spacial score (nSPS) is 19.7. The van der Waals surface area contributed by atoms with E-state index in [1.807, 2.05) is 25.1 Å². The molecular formula is C23H20ClNO3S. The molecule has 4 rings (SSSR count). The maximum atomic E-state index is 13.2. The number of ketones is 1. The van der Waals surface area contributed by atoms with Crippen molar-refractivity contribution in [2.45, 2.75) is 29.2 Å². The molecule has 1 aliphatic rings. The van der Waals surface area contributed by atoms with Crippen molar-refractivity contribution >= 4 is 27.4 Å². The average molecular weight is 426 g/mol. The number of carbonyl (C=O) groups is 1. The molecular weight excluding hydrogens is 406 g/mol. The van der Waals surface area contributed by atoms with Gasteiger partial charge in [-0.2, -0.15) is 0 Å². The first-order chi connectivity index (χ1) is 13.8. The third-order valence-corrected chi connectivity index (χ3v) is 7.24. The third-order valence-electron chi connectivity index (χ3n) is 5.28. The van der Waals surface area contributed by atoms with Crippen molar-refractivity contribution in [2.75, 3.05) is 0 Å². The summed E-state index contributed by atoms with van der Waals surface area (Å²) in [5.41, 5.74) is 2.96. The zero-order valence-electron chi connectivity index (χ0n) is 15.8. The summed E-state index contributed by atoms with van der Waals surface area (Å²) in [6.07, 6.45) is 0.250. The maximum Gasteiger partial charge on any atom is 0.241 e. The van der Waals surface area contributed by atoms with Crippen LogP contribution < -0.4 is 4.72 Å². The van der Waals surface area contributed by atoms with E-state index in [0.29, 0.717) is 11.1 Å². The van der Waals surface area contributed by atoms with Crippen LogP contribution in [0.1, 0.15) is 33.1 Å². The smallest absolute Gasteiger partial charge is 0.241 e. The molecule has 0 aromatic heterocycles. The molecule has 2 atom stereocenters. The summed E-state index contributed by atoms with van der Waals surface area (Å²) in [7, 11) is -3.90. The van der Waals surface area contributed by atoms with Gasteiger partial charge in [0.15, 0.2) is 5.78 Å². The van der Waals surface area contributed by atoms with Gasteiger partial charge in [0.25, 0.3) is 0 Å². The van der Waals surface area contributed by atoms with Crippen LogP contribution in [0.25, 0.3) is 0 Å². The lowest BCUT2D eigenvalue weighted by Crippen LogP contribution is -2.46. The van der Waals surface area contributed by atoms with E-state index in [4.69, 9.17) is 11.6 Å². The van der Waals surface area contributed by atoms with E-state index in [9.17, 15) is 13.2 Å². The number of benzene rings is 3. The van der Waals surface area contributed by atoms with E-state index in [2.05, 4.69) is 4.72 Å². The molecule has 0 fully saturated rings. The quantitative estimate of drug-likeness (QED) is 0.615. The van der Waals surface area contributed by atoms with Gasteiger partial charge in [0, 0.05) is 12.0 Å². The molecule has 0 spiro atoms. The van der Waals surface area contributed by atoms with Crippen molar-refractivity contribution in [2.24, 2.45) is 0 Å². The van der Waals surface area contributed by atoms with E-state index in [1.165, 1.54) is 0 Å². The second-order valence-electron chi connectivity index (χ2n) is 7.30. The SMILES string of the molecule is Cc1ccc(S(=O)(=O)NC(c2ccccc2)C2(Cl)Cc3ccccc3C2=O)cc1. The zero-order chi connectivity index (χ0) is 20.6. The van der Waals surface area contributed by atoms with Gasteiger partial charge in [-0.05, 0) is 30.2 Å². The number of Topliss-reactive ketones (excluding diaryl/α,β-unsaturated/α-hetero) is 1. The van der Waals surface area contributed by atoms with Crippen LogP contribution in [-0.2, 0) is 16.4 Å². The van der Waals surface area contributed by atoms with E-state index >= 15 is 0 Å². The first kappa shape index (κ1) is 19.8. The second kappa shape index (κ2) is 7.41. The molecule has 0 bridgehead atoms. The van der Waals surface area contributed by atoms with Gasteiger partial charge in [0.2, 0.25) is 10.0 Å². The Kier molecular flexibility index (Phi) is 5.07. The van der Waals surface area contributed by atoms with Crippen LogP contribution >= 0.6 is 11.6 Å². The highest BCUT2D eigenvalue weighted by molar-refractivity contribution is 7.89. The largest absolute Gasteiger partial charge is 0.292 e. The van der Waals surface area contributed by atoms with Crippen molar-refractivity contribution in [1.82, 2.24) is 4.72 Å². The Morgan fingerprint density at radius 3 is 2.21 bits per heavy atom. The molecule has 0 amide bonds. The highest BCUT2D eigenvalue weighted by atomic mass is 35.5. The number of alkyl halides is 1. The van der Waals surface area contributed by atoms with Crippen molar-refractivity contribution in [3.63, 3.8) is 0 Å². The van der Waals surface area contributed by atoms with Crippen LogP contribution in [0, 0.1) is 6.92 Å². The maximum absolute atomic E-state index is 13.2. The summed E-state index contributed by atoms with van der Waals surface area (Å²) in [6, 6.07) is 21.9. The Hall–Kier alpha value is -2.47. The van der Waals surface area contributed by atoms with Gasteiger partial charge in [0.1, 0.15) is 4.87 Å². The highest BCUT2D eigenvalue weighted by Gasteiger charge is 2.51. The van der Waals surface area contributed by atoms with Crippen LogP contribution in [0.4, 0.5) is 0 Å². The number of carbonyl (C=O) groups excluding carboxylic acids is 1. The van der Waals surface area contributed by atoms with Crippen molar-refractivity contribution < 1.29 is 13.2 Å². The number of hydrogen-bond acceptors (Lipinski definition) is 3. The summed E-state index contributed by atoms with van der Waals surface area (Å²) in [5.74, 6) is -0.268. The van der Waals surface area contributed by atoms with Crippen molar-refractivity contribution in [1.29, 1.82) is 0 Å². The van der Waals surface area contributed by atoms with Crippen LogP contribution in [0.2, 0.25) is 0 Å². The fraction of sp³-hybridized carbons (Fsp3) is 0.174. The molecule has 0 aliphatic heterocycles. The molecule has 3 aromatic carbocycles. The lowest BCUT2D eigenvalue weighted by atomic mass is 9.89. The molecule has 29 heavy (non-hydrogen) atoms. The Balaban J connectivity index is 1.78. The van der Waals surface area contributed by atoms with Crippen LogP contribution in [0.3, 0.4) is 0 Å². The van der Waals surface area contributed by atoms with Crippen LogP contribution in [0.5, 0.6) is 0 Å². The highest BCUT2D eigenvalue weighted by Crippen LogP contribution is 2.44. The summed E-state index contributed by atoms with van der Waals surface area (Å²) in [6.45, 7) is 1.89. The van der Waals surface area contributed by atoms with Crippen LogP contribution in [0.15, 0.2) is 83.8 Å². The summed E-state index contributed by atoms with van der Waals surface area (Å²) in [4.78, 5) is 11.9. The lowest BCUT2D eigenvalue weighted by molar-refractivity contribution is 0.0936. The summed E-state index contributed by atoms with van der Waals surface area (Å²) >= 11 is 6.93. The molecule has 0 saturated carbocycles. The molecule has 6 heteroatoms. The minimum atomic E-state index is -3.90. The van der Waals surface area contributed by atoms with Gasteiger partial charge < -0.3 is 0 Å². The standard InChI is InChI=1S/C23H20ClNO3S/c1-16-11-13-19(14-12-16)29(27,28)25-21(17-7-3-2-4-8-17)23(24)15-18-9-5-6-10-20(18)22(23)26/h2-14,21,25H,15H2,1H3. The average Bonchev–Trinajstić information content (AvgIpc) is 2.98. The molecule has 148 valence electrons. The van der Waals surface area contributed by atoms with E-state index in [-0.39, 0.29) is 17.1 Å². The van der Waals surface area contributed by atoms with Crippen molar-refractivity contribution in [3.8, 4) is 0 Å². The Morgan fingerprint density at radius 2 is 1.55 bits per heavy atom. The Bertz CT molecular complexity index is 1160. The first-order valence-corrected chi connectivity index (χ1v) is 11.1. The minimum absolute atomic E-state index is 0.132. The predicted octanol–water partition coefficient (Wildman–Crippen LogP) is 4.43. The second-order valence-corrected chi connectivity index (χ2v) is 9.69. The van der Waals surface area contributed by atoms with Crippen molar-refractivity contribution in [3.05, 3.63) is 101 Å². The third kappa shape index (κ3) is 3.62. The molecule has 4 nitrogen and oxygen atoms in total. The molecule has 0 saturated heterocycles. The number of aryl methyl sites for hydroxylation is 1. The summed E-state index contributed by atoms with van der Waals surface area (Å²) < 4.78 is 29.0. The first-order valence-electron chi connectivity index (χ1n) is 9.27. The fourth-order valence-electron chi connectivity index (χ4n) is 3.72. The van der Waals surface area contributed by atoms with Gasteiger partial charge in [-0.25, -0.2) is 13.1 Å². The number of halogens is 1. The number of fused-ring (bicyclic) bond motifs is 1. The predicted molar refractivity (Wildman–Crippen MR) is 114 cm³/mol. The molecule has 0 radical (unpaired) electrons. The molecule has 3 aromatic rings. The van der Waals surface area contributed by atoms with Crippen LogP contribution in [-0.4, -0.2) is 19.1 Å². The monoisotopic (exact) mass is 425 g/mol. The van der Waals surface area contributed by atoms with Gasteiger partial charge in [0.05, 0.1) is 10.9 Å². The fourth-order valence-corrected chi connectivity index (χ4v) is 5.49. The lowest BCUT2D eigenvalue weighted by Gasteiger charge is -2.31. The Labute approximate surface area is 175 Å². The van der Waals surface area contributed by atoms with Gasteiger partial charge in [-0.3, -0.25) is 4.79 Å².